The second-order valence-electron chi connectivity index (χ2n) is 6.96. The van der Waals surface area contributed by atoms with Gasteiger partial charge in [0.1, 0.15) is 0 Å². The van der Waals surface area contributed by atoms with Crippen LogP contribution in [0.5, 0.6) is 0 Å². The van der Waals surface area contributed by atoms with Gasteiger partial charge in [0.15, 0.2) is 5.96 Å². The summed E-state index contributed by atoms with van der Waals surface area (Å²) in [5.74, 6) is 0.817. The number of aliphatic imine (C=N–C) groups is 1. The van der Waals surface area contributed by atoms with Crippen LogP contribution in [0.3, 0.4) is 0 Å². The van der Waals surface area contributed by atoms with Crippen molar-refractivity contribution in [3.05, 3.63) is 21.9 Å². The molecule has 27 heavy (non-hydrogen) atoms. The van der Waals surface area contributed by atoms with E-state index in [1.807, 2.05) is 4.90 Å². The van der Waals surface area contributed by atoms with Gasteiger partial charge in [-0.3, -0.25) is 14.6 Å². The molecule has 2 amide bonds. The van der Waals surface area contributed by atoms with Crippen LogP contribution in [0.1, 0.15) is 29.7 Å². The Morgan fingerprint density at radius 3 is 2.93 bits per heavy atom. The van der Waals surface area contributed by atoms with Crippen molar-refractivity contribution in [2.24, 2.45) is 16.6 Å². The van der Waals surface area contributed by atoms with Crippen LogP contribution in [0.25, 0.3) is 0 Å². The summed E-state index contributed by atoms with van der Waals surface area (Å²) in [6.07, 6.45) is 3.35. The number of carbonyl (C=O) groups is 2. The van der Waals surface area contributed by atoms with Crippen molar-refractivity contribution in [2.45, 2.75) is 32.2 Å². The zero-order chi connectivity index (χ0) is 18.5. The molecule has 0 aliphatic carbocycles. The lowest BCUT2D eigenvalue weighted by molar-refractivity contribution is -0.130. The number of piperidine rings is 1. The van der Waals surface area contributed by atoms with Crippen LogP contribution in [0, 0.1) is 5.92 Å². The van der Waals surface area contributed by atoms with Crippen LogP contribution >= 0.6 is 35.3 Å². The summed E-state index contributed by atoms with van der Waals surface area (Å²) in [5.41, 5.74) is 6.60. The predicted octanol–water partition coefficient (Wildman–Crippen LogP) is 1.41. The molecule has 1 fully saturated rings. The Bertz CT molecular complexity index is 693. The topological polar surface area (TPSA) is 91.0 Å². The summed E-state index contributed by atoms with van der Waals surface area (Å²) in [6.45, 7) is 3.34. The SMILES string of the molecule is CN=C(NCC(=O)N1CCc2sccc2C1)N1CCCC(CC(N)=O)C1.I. The number of rotatable bonds is 4. The molecule has 2 aliphatic rings. The molecule has 0 aromatic carbocycles. The zero-order valence-electron chi connectivity index (χ0n) is 15.6. The molecule has 0 spiro atoms. The molecule has 150 valence electrons. The van der Waals surface area contributed by atoms with Crippen molar-refractivity contribution in [3.8, 4) is 0 Å². The molecule has 1 atom stereocenters. The Morgan fingerprint density at radius 1 is 1.37 bits per heavy atom. The largest absolute Gasteiger partial charge is 0.370 e. The number of nitrogens with zero attached hydrogens (tertiary/aromatic N) is 3. The third kappa shape index (κ3) is 5.81. The smallest absolute Gasteiger partial charge is 0.242 e. The molecular formula is C18H28IN5O2S. The van der Waals surface area contributed by atoms with Crippen molar-refractivity contribution >= 4 is 53.1 Å². The zero-order valence-corrected chi connectivity index (χ0v) is 18.8. The second kappa shape index (κ2) is 10.3. The molecule has 1 unspecified atom stereocenters. The lowest BCUT2D eigenvalue weighted by atomic mass is 9.95. The quantitative estimate of drug-likeness (QED) is 0.368. The molecular weight excluding hydrogens is 477 g/mol. The summed E-state index contributed by atoms with van der Waals surface area (Å²) in [4.78, 5) is 33.5. The monoisotopic (exact) mass is 505 g/mol. The van der Waals surface area contributed by atoms with Gasteiger partial charge < -0.3 is 20.9 Å². The van der Waals surface area contributed by atoms with Crippen LogP contribution in [0.15, 0.2) is 16.4 Å². The van der Waals surface area contributed by atoms with E-state index in [4.69, 9.17) is 5.73 Å². The number of hydrogen-bond donors (Lipinski definition) is 2. The van der Waals surface area contributed by atoms with Gasteiger partial charge in [0.05, 0.1) is 6.54 Å². The number of likely N-dealkylation sites (tertiary alicyclic amines) is 1. The highest BCUT2D eigenvalue weighted by Gasteiger charge is 2.25. The van der Waals surface area contributed by atoms with Crippen LogP contribution < -0.4 is 11.1 Å². The Labute approximate surface area is 181 Å². The number of nitrogens with two attached hydrogens (primary N) is 1. The first-order chi connectivity index (χ1) is 12.6. The Hall–Kier alpha value is -1.36. The summed E-state index contributed by atoms with van der Waals surface area (Å²) in [5, 5.41) is 5.29. The number of primary amides is 1. The number of halogens is 1. The molecule has 0 saturated carbocycles. The average molecular weight is 505 g/mol. The number of fused-ring (bicyclic) bond motifs is 1. The fourth-order valence-corrected chi connectivity index (χ4v) is 4.66. The number of amides is 2. The van der Waals surface area contributed by atoms with Crippen LogP contribution in [-0.2, 0) is 22.6 Å². The second-order valence-corrected chi connectivity index (χ2v) is 7.96. The van der Waals surface area contributed by atoms with Crippen LogP contribution in [0.4, 0.5) is 0 Å². The highest BCUT2D eigenvalue weighted by Crippen LogP contribution is 2.24. The minimum absolute atomic E-state index is 0. The number of hydrogen-bond acceptors (Lipinski definition) is 4. The Kier molecular flexibility index (Phi) is 8.33. The van der Waals surface area contributed by atoms with Gasteiger partial charge in [0.2, 0.25) is 11.8 Å². The first kappa shape index (κ1) is 21.9. The average Bonchev–Trinajstić information content (AvgIpc) is 3.09. The van der Waals surface area contributed by atoms with E-state index >= 15 is 0 Å². The molecule has 3 N–H and O–H groups in total. The molecule has 7 nitrogen and oxygen atoms in total. The molecule has 2 aliphatic heterocycles. The van der Waals surface area contributed by atoms with Gasteiger partial charge in [-0.05, 0) is 42.2 Å². The third-order valence-corrected chi connectivity index (χ3v) is 6.10. The van der Waals surface area contributed by atoms with E-state index in [0.29, 0.717) is 13.0 Å². The van der Waals surface area contributed by atoms with Crippen molar-refractivity contribution in [2.75, 3.05) is 33.2 Å². The number of guanidine groups is 1. The van der Waals surface area contributed by atoms with Gasteiger partial charge in [0, 0.05) is 44.5 Å². The Balaban J connectivity index is 0.00000261. The van der Waals surface area contributed by atoms with Gasteiger partial charge in [-0.15, -0.1) is 35.3 Å². The molecule has 3 rings (SSSR count). The van der Waals surface area contributed by atoms with Crippen molar-refractivity contribution in [1.29, 1.82) is 0 Å². The van der Waals surface area contributed by atoms with Gasteiger partial charge in [-0.25, -0.2) is 0 Å². The lowest BCUT2D eigenvalue weighted by Gasteiger charge is -2.35. The predicted molar refractivity (Wildman–Crippen MR) is 118 cm³/mol. The normalized spacial score (nSPS) is 19.9. The molecule has 1 aromatic rings. The molecule has 3 heterocycles. The standard InChI is InChI=1S/C18H27N5O2S.HI/c1-20-18(23-6-2-3-13(11-23)9-16(19)24)21-10-17(25)22-7-4-15-14(12-22)5-8-26-15;/h5,8,13H,2-4,6-7,9-12H2,1H3,(H2,19,24)(H,20,21);1H. The van der Waals surface area contributed by atoms with Gasteiger partial charge >= 0.3 is 0 Å². The van der Waals surface area contributed by atoms with E-state index in [1.165, 1.54) is 10.4 Å². The molecule has 0 radical (unpaired) electrons. The maximum Gasteiger partial charge on any atom is 0.242 e. The molecule has 1 aromatic heterocycles. The van der Waals surface area contributed by atoms with Crippen molar-refractivity contribution < 1.29 is 9.59 Å². The van der Waals surface area contributed by atoms with Crippen molar-refractivity contribution in [1.82, 2.24) is 15.1 Å². The molecule has 1 saturated heterocycles. The van der Waals surface area contributed by atoms with Gasteiger partial charge in [0.25, 0.3) is 0 Å². The minimum atomic E-state index is -0.257. The summed E-state index contributed by atoms with van der Waals surface area (Å²) in [6, 6.07) is 2.11. The van der Waals surface area contributed by atoms with E-state index in [1.54, 1.807) is 18.4 Å². The fourth-order valence-electron chi connectivity index (χ4n) is 3.77. The first-order valence-electron chi connectivity index (χ1n) is 9.13. The van der Waals surface area contributed by atoms with E-state index in [0.717, 1.165) is 44.9 Å². The molecule has 0 bridgehead atoms. The first-order valence-corrected chi connectivity index (χ1v) is 10.0. The highest BCUT2D eigenvalue weighted by molar-refractivity contribution is 14.0. The molecule has 9 heteroatoms. The summed E-state index contributed by atoms with van der Waals surface area (Å²) >= 11 is 1.77. The number of nitrogens with one attached hydrogen (secondary N) is 1. The van der Waals surface area contributed by atoms with E-state index < -0.39 is 0 Å². The maximum atomic E-state index is 12.6. The minimum Gasteiger partial charge on any atom is -0.370 e. The fraction of sp³-hybridized carbons (Fsp3) is 0.611. The number of carbonyl (C=O) groups excluding carboxylic acids is 2. The van der Waals surface area contributed by atoms with Crippen molar-refractivity contribution in [3.63, 3.8) is 0 Å². The van der Waals surface area contributed by atoms with Crippen LogP contribution in [-0.4, -0.2) is 60.8 Å². The number of thiophene rings is 1. The highest BCUT2D eigenvalue weighted by atomic mass is 127. The van der Waals surface area contributed by atoms with Crippen LogP contribution in [0.2, 0.25) is 0 Å². The van der Waals surface area contributed by atoms with E-state index in [2.05, 4.69) is 26.7 Å². The lowest BCUT2D eigenvalue weighted by Crippen LogP contribution is -2.50. The van der Waals surface area contributed by atoms with Gasteiger partial charge in [-0.2, -0.15) is 0 Å². The third-order valence-electron chi connectivity index (χ3n) is 5.08. The summed E-state index contributed by atoms with van der Waals surface area (Å²) < 4.78 is 0. The maximum absolute atomic E-state index is 12.6. The van der Waals surface area contributed by atoms with E-state index in [-0.39, 0.29) is 48.3 Å². The van der Waals surface area contributed by atoms with E-state index in [9.17, 15) is 9.59 Å². The summed E-state index contributed by atoms with van der Waals surface area (Å²) in [7, 11) is 1.73. The van der Waals surface area contributed by atoms with Gasteiger partial charge in [-0.1, -0.05) is 0 Å². The Morgan fingerprint density at radius 2 is 2.19 bits per heavy atom.